The molecule has 4 rings (SSSR count). The molecule has 0 unspecified atom stereocenters. The summed E-state index contributed by atoms with van der Waals surface area (Å²) in [5.41, 5.74) is -0.564. The first-order valence-corrected chi connectivity index (χ1v) is 8.60. The highest BCUT2D eigenvalue weighted by atomic mass is 79.9. The molecule has 6 heteroatoms. The van der Waals surface area contributed by atoms with Crippen molar-refractivity contribution in [2.75, 3.05) is 0 Å². The number of nitrogens with one attached hydrogen (secondary N) is 1. The molecular formula is C14H15BrN2O2S. The topological polar surface area (TPSA) is 49.4 Å². The molecule has 2 aliphatic carbocycles. The van der Waals surface area contributed by atoms with E-state index in [1.165, 1.54) is 4.90 Å². The van der Waals surface area contributed by atoms with E-state index in [1.807, 2.05) is 12.1 Å². The van der Waals surface area contributed by atoms with Crippen molar-refractivity contribution >= 4 is 39.2 Å². The normalized spacial score (nSPS) is 25.1. The molecule has 0 aromatic carbocycles. The molecule has 0 radical (unpaired) electrons. The lowest BCUT2D eigenvalue weighted by Crippen LogP contribution is -2.51. The highest BCUT2D eigenvalue weighted by Gasteiger charge is 2.65. The van der Waals surface area contributed by atoms with E-state index < -0.39 is 5.54 Å². The fraction of sp³-hybridized carbons (Fsp3) is 0.571. The van der Waals surface area contributed by atoms with Gasteiger partial charge in [-0.25, -0.2) is 4.79 Å². The van der Waals surface area contributed by atoms with Gasteiger partial charge in [-0.05, 0) is 65.6 Å². The van der Waals surface area contributed by atoms with Crippen molar-refractivity contribution in [3.8, 4) is 0 Å². The largest absolute Gasteiger partial charge is 0.325 e. The van der Waals surface area contributed by atoms with Gasteiger partial charge in [0.15, 0.2) is 0 Å². The Kier molecular flexibility index (Phi) is 2.76. The third kappa shape index (κ3) is 1.84. The van der Waals surface area contributed by atoms with Gasteiger partial charge in [0.25, 0.3) is 5.91 Å². The highest BCUT2D eigenvalue weighted by Crippen LogP contribution is 2.54. The van der Waals surface area contributed by atoms with E-state index in [0.717, 1.165) is 34.3 Å². The Morgan fingerprint density at radius 2 is 1.90 bits per heavy atom. The zero-order chi connectivity index (χ0) is 13.9. The summed E-state index contributed by atoms with van der Waals surface area (Å²) in [5.74, 6) is 0.745. The Labute approximate surface area is 129 Å². The molecule has 1 aromatic rings. The summed E-state index contributed by atoms with van der Waals surface area (Å²) >= 11 is 4.98. The average molecular weight is 355 g/mol. The van der Waals surface area contributed by atoms with Crippen LogP contribution in [0.1, 0.15) is 30.6 Å². The minimum absolute atomic E-state index is 0.0111. The lowest BCUT2D eigenvalue weighted by atomic mass is 9.87. The summed E-state index contributed by atoms with van der Waals surface area (Å²) in [4.78, 5) is 27.6. The molecule has 106 valence electrons. The Morgan fingerprint density at radius 3 is 2.40 bits per heavy atom. The van der Waals surface area contributed by atoms with Crippen LogP contribution in [0.25, 0.3) is 0 Å². The van der Waals surface area contributed by atoms with E-state index >= 15 is 0 Å². The van der Waals surface area contributed by atoms with Crippen LogP contribution in [-0.2, 0) is 11.3 Å². The maximum atomic E-state index is 12.8. The molecule has 3 fully saturated rings. The van der Waals surface area contributed by atoms with Crippen molar-refractivity contribution in [2.45, 2.75) is 37.8 Å². The average Bonchev–Trinajstić information content (AvgIpc) is 3.32. The van der Waals surface area contributed by atoms with Gasteiger partial charge in [-0.1, -0.05) is 0 Å². The Morgan fingerprint density at radius 1 is 1.25 bits per heavy atom. The van der Waals surface area contributed by atoms with Gasteiger partial charge in [0, 0.05) is 4.88 Å². The van der Waals surface area contributed by atoms with Gasteiger partial charge in [0.1, 0.15) is 5.54 Å². The number of hydrogen-bond donors (Lipinski definition) is 1. The molecule has 4 nitrogen and oxygen atoms in total. The van der Waals surface area contributed by atoms with Crippen molar-refractivity contribution < 1.29 is 9.59 Å². The number of rotatable bonds is 4. The number of amides is 3. The molecule has 0 spiro atoms. The smallest absolute Gasteiger partial charge is 0.323 e. The number of nitrogens with zero attached hydrogens (tertiary/aromatic N) is 1. The Hall–Kier alpha value is -0.880. The third-order valence-corrected chi connectivity index (χ3v) is 6.15. The van der Waals surface area contributed by atoms with Crippen LogP contribution >= 0.6 is 27.3 Å². The molecule has 20 heavy (non-hydrogen) atoms. The molecule has 2 heterocycles. The number of halogens is 1. The van der Waals surface area contributed by atoms with Crippen molar-refractivity contribution in [3.05, 3.63) is 20.8 Å². The molecule has 2 saturated carbocycles. The standard InChI is InChI=1S/C14H15BrN2O2S/c15-11-6-5-10(20-11)7-17-12(18)14(8-1-2-8,9-3-4-9)16-13(17)19/h5-6,8-9H,1-4,7H2,(H,16,19). The van der Waals surface area contributed by atoms with Gasteiger partial charge in [-0.3, -0.25) is 9.69 Å². The highest BCUT2D eigenvalue weighted by molar-refractivity contribution is 9.11. The zero-order valence-electron chi connectivity index (χ0n) is 10.9. The fourth-order valence-corrected chi connectivity index (χ4v) is 4.79. The zero-order valence-corrected chi connectivity index (χ0v) is 13.3. The van der Waals surface area contributed by atoms with Crippen molar-refractivity contribution in [1.82, 2.24) is 10.2 Å². The van der Waals surface area contributed by atoms with E-state index in [-0.39, 0.29) is 11.9 Å². The first kappa shape index (κ1) is 12.8. The molecule has 1 aliphatic heterocycles. The van der Waals surface area contributed by atoms with Crippen LogP contribution < -0.4 is 5.32 Å². The van der Waals surface area contributed by atoms with Crippen LogP contribution in [0.4, 0.5) is 4.79 Å². The SMILES string of the molecule is O=C1NC(C2CC2)(C2CC2)C(=O)N1Cc1ccc(Br)s1. The van der Waals surface area contributed by atoms with Crippen LogP contribution in [-0.4, -0.2) is 22.4 Å². The lowest BCUT2D eigenvalue weighted by molar-refractivity contribution is -0.133. The summed E-state index contributed by atoms with van der Waals surface area (Å²) in [6.07, 6.45) is 4.28. The summed E-state index contributed by atoms with van der Waals surface area (Å²) < 4.78 is 1.02. The number of carbonyl (C=O) groups excluding carboxylic acids is 2. The molecule has 1 aromatic heterocycles. The summed E-state index contributed by atoms with van der Waals surface area (Å²) in [5, 5.41) is 3.05. The van der Waals surface area contributed by atoms with Crippen LogP contribution in [0.3, 0.4) is 0 Å². The fourth-order valence-electron chi connectivity index (χ4n) is 3.31. The molecular weight excluding hydrogens is 340 g/mol. The lowest BCUT2D eigenvalue weighted by Gasteiger charge is -2.26. The second kappa shape index (κ2) is 4.31. The predicted molar refractivity (Wildman–Crippen MR) is 79.3 cm³/mol. The molecule has 3 amide bonds. The maximum Gasteiger partial charge on any atom is 0.325 e. The first-order chi connectivity index (χ1) is 9.61. The second-order valence-corrected chi connectivity index (χ2v) is 8.49. The molecule has 0 bridgehead atoms. The molecule has 1 saturated heterocycles. The van der Waals surface area contributed by atoms with Crippen molar-refractivity contribution in [3.63, 3.8) is 0 Å². The Balaban J connectivity index is 1.61. The number of urea groups is 1. The van der Waals surface area contributed by atoms with E-state index in [4.69, 9.17) is 0 Å². The summed E-state index contributed by atoms with van der Waals surface area (Å²) in [6, 6.07) is 3.70. The maximum absolute atomic E-state index is 12.8. The van der Waals surface area contributed by atoms with Crippen LogP contribution in [0.15, 0.2) is 15.9 Å². The van der Waals surface area contributed by atoms with Gasteiger partial charge in [-0.2, -0.15) is 0 Å². The molecule has 0 atom stereocenters. The van der Waals surface area contributed by atoms with Gasteiger partial charge in [0.2, 0.25) is 0 Å². The van der Waals surface area contributed by atoms with E-state index in [2.05, 4.69) is 21.2 Å². The minimum atomic E-state index is -0.564. The Bertz CT molecular complexity index is 580. The van der Waals surface area contributed by atoms with Gasteiger partial charge in [-0.15, -0.1) is 11.3 Å². The van der Waals surface area contributed by atoms with E-state index in [9.17, 15) is 9.59 Å². The first-order valence-electron chi connectivity index (χ1n) is 6.99. The predicted octanol–water partition coefficient (Wildman–Crippen LogP) is 3.12. The van der Waals surface area contributed by atoms with Crippen molar-refractivity contribution in [2.24, 2.45) is 11.8 Å². The van der Waals surface area contributed by atoms with Gasteiger partial charge in [0.05, 0.1) is 10.3 Å². The van der Waals surface area contributed by atoms with Gasteiger partial charge >= 0.3 is 6.03 Å². The van der Waals surface area contributed by atoms with E-state index in [0.29, 0.717) is 18.4 Å². The van der Waals surface area contributed by atoms with Crippen LogP contribution in [0, 0.1) is 11.8 Å². The quantitative estimate of drug-likeness (QED) is 0.844. The third-order valence-electron chi connectivity index (χ3n) is 4.54. The number of carbonyl (C=O) groups is 2. The second-order valence-electron chi connectivity index (χ2n) is 5.94. The molecule has 3 aliphatic rings. The van der Waals surface area contributed by atoms with E-state index in [1.54, 1.807) is 11.3 Å². The molecule has 1 N–H and O–H groups in total. The van der Waals surface area contributed by atoms with Crippen LogP contribution in [0.2, 0.25) is 0 Å². The summed E-state index contributed by atoms with van der Waals surface area (Å²) in [6.45, 7) is 0.391. The monoisotopic (exact) mass is 354 g/mol. The van der Waals surface area contributed by atoms with Crippen LogP contribution in [0.5, 0.6) is 0 Å². The number of thiophene rings is 1. The van der Waals surface area contributed by atoms with Gasteiger partial charge < -0.3 is 5.32 Å². The minimum Gasteiger partial charge on any atom is -0.323 e. The number of imide groups is 1. The summed E-state index contributed by atoms with van der Waals surface area (Å²) in [7, 11) is 0. The number of hydrogen-bond acceptors (Lipinski definition) is 3. The van der Waals surface area contributed by atoms with Crippen molar-refractivity contribution in [1.29, 1.82) is 0 Å².